The van der Waals surface area contributed by atoms with E-state index in [1.165, 1.54) is 11.1 Å². The van der Waals surface area contributed by atoms with Crippen molar-refractivity contribution in [3.8, 4) is 11.1 Å². The molecular weight excluding hydrogens is 350 g/mol. The number of carbonyl (C=O) groups is 1. The van der Waals surface area contributed by atoms with Crippen LogP contribution in [0.15, 0.2) is 67.0 Å². The van der Waals surface area contributed by atoms with E-state index in [2.05, 4.69) is 27.1 Å². The van der Waals surface area contributed by atoms with Crippen LogP contribution < -0.4 is 5.73 Å². The highest BCUT2D eigenvalue weighted by Crippen LogP contribution is 2.28. The lowest BCUT2D eigenvalue weighted by atomic mass is 10.0. The molecule has 1 amide bonds. The van der Waals surface area contributed by atoms with Crippen LogP contribution in [0.25, 0.3) is 22.0 Å². The number of nitrogen functional groups attached to an aromatic ring is 1. The summed E-state index contributed by atoms with van der Waals surface area (Å²) in [4.78, 5) is 27.8. The average molecular weight is 367 g/mol. The molecule has 3 heterocycles. The quantitative estimate of drug-likeness (QED) is 0.587. The first-order chi connectivity index (χ1) is 13.7. The summed E-state index contributed by atoms with van der Waals surface area (Å²) >= 11 is 0. The van der Waals surface area contributed by atoms with Crippen LogP contribution in [-0.2, 0) is 13.1 Å². The van der Waals surface area contributed by atoms with E-state index in [1.807, 2.05) is 42.5 Å². The minimum absolute atomic E-state index is 0.101. The molecule has 0 aliphatic carbocycles. The number of benzene rings is 2. The Morgan fingerprint density at radius 1 is 0.893 bits per heavy atom. The lowest BCUT2D eigenvalue weighted by molar-refractivity contribution is 0.0747. The summed E-state index contributed by atoms with van der Waals surface area (Å²) in [5, 5.41) is 0.699. The molecule has 0 fully saturated rings. The van der Waals surface area contributed by atoms with Crippen molar-refractivity contribution < 1.29 is 4.79 Å². The molecule has 0 bridgehead atoms. The van der Waals surface area contributed by atoms with Crippen LogP contribution in [0.1, 0.15) is 21.6 Å². The summed E-state index contributed by atoms with van der Waals surface area (Å²) in [6.07, 6.45) is 3.49. The molecule has 5 rings (SSSR count). The van der Waals surface area contributed by atoms with Gasteiger partial charge in [0.05, 0.1) is 5.52 Å². The van der Waals surface area contributed by atoms with E-state index in [4.69, 9.17) is 5.73 Å². The van der Waals surface area contributed by atoms with Crippen molar-refractivity contribution >= 4 is 22.8 Å². The Hall–Kier alpha value is -3.80. The zero-order chi connectivity index (χ0) is 19.1. The second-order valence-electron chi connectivity index (χ2n) is 6.83. The number of nitrogens with zero attached hydrogens (tertiary/aromatic N) is 4. The predicted octanol–water partition coefficient (Wildman–Crippen LogP) is 3.43. The predicted molar refractivity (Wildman–Crippen MR) is 107 cm³/mol. The van der Waals surface area contributed by atoms with Gasteiger partial charge in [-0.2, -0.15) is 0 Å². The number of hydrogen-bond acceptors (Lipinski definition) is 5. The zero-order valence-electron chi connectivity index (χ0n) is 15.0. The Morgan fingerprint density at radius 2 is 1.61 bits per heavy atom. The van der Waals surface area contributed by atoms with Crippen molar-refractivity contribution in [3.05, 3.63) is 83.8 Å². The highest BCUT2D eigenvalue weighted by atomic mass is 16.2. The van der Waals surface area contributed by atoms with Gasteiger partial charge in [0.2, 0.25) is 5.95 Å². The molecule has 1 aliphatic heterocycles. The summed E-state index contributed by atoms with van der Waals surface area (Å²) < 4.78 is 0. The van der Waals surface area contributed by atoms with E-state index < -0.39 is 0 Å². The maximum Gasteiger partial charge on any atom is 0.273 e. The summed E-state index contributed by atoms with van der Waals surface area (Å²) in [7, 11) is 0. The smallest absolute Gasteiger partial charge is 0.273 e. The molecular formula is C22H17N5O. The van der Waals surface area contributed by atoms with E-state index in [0.29, 0.717) is 29.7 Å². The van der Waals surface area contributed by atoms with Crippen LogP contribution in [-0.4, -0.2) is 25.8 Å². The second-order valence-corrected chi connectivity index (χ2v) is 6.83. The molecule has 0 atom stereocenters. The fraction of sp³-hybridized carbons (Fsp3) is 0.0909. The van der Waals surface area contributed by atoms with Crippen LogP contribution in [0, 0.1) is 0 Å². The fourth-order valence-electron chi connectivity index (χ4n) is 3.66. The van der Waals surface area contributed by atoms with Crippen LogP contribution in [0.2, 0.25) is 0 Å². The van der Waals surface area contributed by atoms with Gasteiger partial charge < -0.3 is 10.6 Å². The third-order valence-corrected chi connectivity index (χ3v) is 5.06. The average Bonchev–Trinajstić information content (AvgIpc) is 3.17. The van der Waals surface area contributed by atoms with E-state index in [0.717, 1.165) is 11.1 Å². The summed E-state index contributed by atoms with van der Waals surface area (Å²) in [6, 6.07) is 17.7. The van der Waals surface area contributed by atoms with Gasteiger partial charge in [-0.3, -0.25) is 9.78 Å². The maximum atomic E-state index is 13.3. The molecule has 6 heteroatoms. The fourth-order valence-corrected chi connectivity index (χ4v) is 3.66. The summed E-state index contributed by atoms with van der Waals surface area (Å²) in [6.45, 7) is 1.15. The van der Waals surface area contributed by atoms with Crippen molar-refractivity contribution in [1.29, 1.82) is 0 Å². The summed E-state index contributed by atoms with van der Waals surface area (Å²) in [5.74, 6) is -0.0357. The molecule has 2 N–H and O–H groups in total. The molecule has 0 saturated carbocycles. The zero-order valence-corrected chi connectivity index (χ0v) is 15.0. The third kappa shape index (κ3) is 2.75. The number of hydrogen-bond donors (Lipinski definition) is 1. The lowest BCUT2D eigenvalue weighted by Gasteiger charge is -2.16. The molecule has 136 valence electrons. The summed E-state index contributed by atoms with van der Waals surface area (Å²) in [5.41, 5.74) is 11.2. The van der Waals surface area contributed by atoms with Gasteiger partial charge in [0, 0.05) is 30.9 Å². The topological polar surface area (TPSA) is 85.0 Å². The maximum absolute atomic E-state index is 13.3. The van der Waals surface area contributed by atoms with Crippen molar-refractivity contribution in [1.82, 2.24) is 19.9 Å². The Kier molecular flexibility index (Phi) is 3.76. The number of rotatable bonds is 2. The normalized spacial score (nSPS) is 12.9. The van der Waals surface area contributed by atoms with Gasteiger partial charge in [-0.15, -0.1) is 0 Å². The van der Waals surface area contributed by atoms with Gasteiger partial charge in [-0.25, -0.2) is 9.97 Å². The van der Waals surface area contributed by atoms with Crippen molar-refractivity contribution in [2.75, 3.05) is 5.73 Å². The van der Waals surface area contributed by atoms with Gasteiger partial charge in [-0.05, 0) is 46.5 Å². The number of fused-ring (bicyclic) bond motifs is 2. The Balaban J connectivity index is 1.59. The molecule has 4 aromatic rings. The first-order valence-electron chi connectivity index (χ1n) is 9.03. The van der Waals surface area contributed by atoms with Crippen LogP contribution >= 0.6 is 0 Å². The van der Waals surface area contributed by atoms with E-state index in [1.54, 1.807) is 17.3 Å². The first kappa shape index (κ1) is 16.4. The Labute approximate surface area is 161 Å². The molecule has 28 heavy (non-hydrogen) atoms. The molecule has 0 spiro atoms. The number of nitrogens with two attached hydrogens (primary N) is 1. The van der Waals surface area contributed by atoms with Gasteiger partial charge in [0.25, 0.3) is 5.91 Å². The molecule has 0 saturated heterocycles. The number of carbonyl (C=O) groups excluding carboxylic acids is 1. The number of pyridine rings is 1. The lowest BCUT2D eigenvalue weighted by Crippen LogP contribution is -2.27. The monoisotopic (exact) mass is 367 g/mol. The van der Waals surface area contributed by atoms with E-state index in [9.17, 15) is 4.79 Å². The van der Waals surface area contributed by atoms with Gasteiger partial charge in [0.1, 0.15) is 5.69 Å². The van der Waals surface area contributed by atoms with Gasteiger partial charge in [0.15, 0.2) is 0 Å². The SMILES string of the molecule is Nc1nc(C(=O)N2Cc3ccccc3C2)c2cc(-c3ccncc3)ccc2n1. The van der Waals surface area contributed by atoms with Crippen LogP contribution in [0.3, 0.4) is 0 Å². The van der Waals surface area contributed by atoms with E-state index in [-0.39, 0.29) is 11.9 Å². The minimum atomic E-state index is -0.137. The molecule has 0 unspecified atom stereocenters. The second kappa shape index (κ2) is 6.42. The molecule has 1 aliphatic rings. The highest BCUT2D eigenvalue weighted by molar-refractivity contribution is 6.05. The Morgan fingerprint density at radius 3 is 2.32 bits per heavy atom. The van der Waals surface area contributed by atoms with Crippen LogP contribution in [0.5, 0.6) is 0 Å². The molecule has 2 aromatic carbocycles. The number of aromatic nitrogens is 3. The Bertz CT molecular complexity index is 1180. The standard InChI is InChI=1S/C22H17N5O/c23-22-25-19-6-5-15(14-7-9-24-10-8-14)11-18(19)20(26-22)21(28)27-12-16-3-1-2-4-17(16)13-27/h1-11H,12-13H2,(H2,23,25,26). The van der Waals surface area contributed by atoms with Gasteiger partial charge in [-0.1, -0.05) is 30.3 Å². The number of anilines is 1. The van der Waals surface area contributed by atoms with Crippen molar-refractivity contribution in [2.24, 2.45) is 0 Å². The van der Waals surface area contributed by atoms with E-state index >= 15 is 0 Å². The molecule has 0 radical (unpaired) electrons. The largest absolute Gasteiger partial charge is 0.368 e. The van der Waals surface area contributed by atoms with Crippen molar-refractivity contribution in [2.45, 2.75) is 13.1 Å². The van der Waals surface area contributed by atoms with Crippen molar-refractivity contribution in [3.63, 3.8) is 0 Å². The molecule has 2 aromatic heterocycles. The third-order valence-electron chi connectivity index (χ3n) is 5.06. The highest BCUT2D eigenvalue weighted by Gasteiger charge is 2.26. The van der Waals surface area contributed by atoms with Gasteiger partial charge >= 0.3 is 0 Å². The number of amides is 1. The minimum Gasteiger partial charge on any atom is -0.368 e. The first-order valence-corrected chi connectivity index (χ1v) is 9.03. The molecule has 6 nitrogen and oxygen atoms in total. The van der Waals surface area contributed by atoms with Crippen LogP contribution in [0.4, 0.5) is 5.95 Å².